The number of nitrogens with zero attached hydrogens (tertiary/aromatic N) is 2. The number of halogens is 1. The smallest absolute Gasteiger partial charge is 0.311 e. The third-order valence-electron chi connectivity index (χ3n) is 5.21. The Morgan fingerprint density at radius 3 is 2.09 bits per heavy atom. The van der Waals surface area contributed by atoms with Gasteiger partial charge in [0, 0.05) is 18.8 Å². The minimum atomic E-state index is -0.454. The second kappa shape index (κ2) is 15.3. The summed E-state index contributed by atoms with van der Waals surface area (Å²) < 4.78 is 18.2. The van der Waals surface area contributed by atoms with Gasteiger partial charge in [0.1, 0.15) is 17.8 Å². The molecule has 1 aromatic heterocycles. The molecule has 0 radical (unpaired) electrons. The highest BCUT2D eigenvalue weighted by atomic mass is 35.5. The van der Waals surface area contributed by atoms with Gasteiger partial charge in [-0.3, -0.25) is 14.2 Å². The lowest BCUT2D eigenvalue weighted by atomic mass is 9.87. The molecule has 0 fully saturated rings. The van der Waals surface area contributed by atoms with Crippen LogP contribution in [0.4, 0.5) is 0 Å². The number of unbranched alkanes of at least 4 members (excludes halogenated alkanes) is 3. The fraction of sp³-hybridized carbons (Fsp3) is 0.560. The number of hydrogen-bond donors (Lipinski definition) is 0. The molecule has 1 heterocycles. The molecule has 8 heteroatoms. The van der Waals surface area contributed by atoms with Crippen LogP contribution in [0.15, 0.2) is 43.0 Å². The molecular weight excluding hydrogens is 444 g/mol. The lowest BCUT2D eigenvalue weighted by Gasteiger charge is -2.21. The largest absolute Gasteiger partial charge is 0.494 e. The SMILES string of the molecule is CCOC(=O)C(C)(C)CCCCOc1ccc(OCCCCCC(=O)n2ccnc2)cc1.Cl. The highest BCUT2D eigenvalue weighted by Crippen LogP contribution is 2.25. The van der Waals surface area contributed by atoms with Crippen molar-refractivity contribution in [1.29, 1.82) is 0 Å². The maximum Gasteiger partial charge on any atom is 0.311 e. The first kappa shape index (κ1) is 28.5. The van der Waals surface area contributed by atoms with Gasteiger partial charge in [0.25, 0.3) is 0 Å². The third kappa shape index (κ3) is 10.7. The van der Waals surface area contributed by atoms with E-state index >= 15 is 0 Å². The molecule has 1 aromatic carbocycles. The highest BCUT2D eigenvalue weighted by molar-refractivity contribution is 5.85. The lowest BCUT2D eigenvalue weighted by molar-refractivity contribution is -0.153. The Hall–Kier alpha value is -2.54. The molecule has 0 N–H and O–H groups in total. The normalized spacial score (nSPS) is 10.9. The van der Waals surface area contributed by atoms with E-state index in [1.165, 1.54) is 10.9 Å². The highest BCUT2D eigenvalue weighted by Gasteiger charge is 2.28. The van der Waals surface area contributed by atoms with Crippen LogP contribution < -0.4 is 9.47 Å². The van der Waals surface area contributed by atoms with Crippen molar-refractivity contribution in [2.24, 2.45) is 5.41 Å². The van der Waals surface area contributed by atoms with Crippen LogP contribution in [-0.2, 0) is 9.53 Å². The van der Waals surface area contributed by atoms with E-state index in [-0.39, 0.29) is 24.3 Å². The predicted octanol–water partition coefficient (Wildman–Crippen LogP) is 5.72. The van der Waals surface area contributed by atoms with E-state index in [0.29, 0.717) is 26.2 Å². The minimum absolute atomic E-state index is 0. The van der Waals surface area contributed by atoms with E-state index < -0.39 is 5.41 Å². The van der Waals surface area contributed by atoms with Gasteiger partial charge in [-0.2, -0.15) is 0 Å². The zero-order valence-electron chi connectivity index (χ0n) is 20.0. The Bertz CT molecular complexity index is 807. The summed E-state index contributed by atoms with van der Waals surface area (Å²) in [6.07, 6.45) is 10.6. The topological polar surface area (TPSA) is 79.7 Å². The van der Waals surface area contributed by atoms with Crippen LogP contribution in [0.2, 0.25) is 0 Å². The van der Waals surface area contributed by atoms with Gasteiger partial charge < -0.3 is 14.2 Å². The van der Waals surface area contributed by atoms with E-state index in [0.717, 1.165) is 50.0 Å². The fourth-order valence-corrected chi connectivity index (χ4v) is 3.20. The zero-order valence-corrected chi connectivity index (χ0v) is 20.8. The number of aromatic nitrogens is 2. The molecule has 7 nitrogen and oxygen atoms in total. The van der Waals surface area contributed by atoms with Crippen LogP contribution >= 0.6 is 12.4 Å². The number of rotatable bonds is 15. The van der Waals surface area contributed by atoms with Gasteiger partial charge in [-0.1, -0.05) is 0 Å². The molecule has 0 bridgehead atoms. The Kier molecular flexibility index (Phi) is 13.2. The summed E-state index contributed by atoms with van der Waals surface area (Å²) in [5, 5.41) is 0. The summed E-state index contributed by atoms with van der Waals surface area (Å²) in [5.41, 5.74) is -0.454. The molecule has 2 aromatic rings. The maximum absolute atomic E-state index is 11.9. The molecule has 0 spiro atoms. The van der Waals surface area contributed by atoms with Crippen molar-refractivity contribution in [3.8, 4) is 11.5 Å². The third-order valence-corrected chi connectivity index (χ3v) is 5.21. The first-order valence-corrected chi connectivity index (χ1v) is 11.5. The number of ether oxygens (including phenoxy) is 3. The molecule has 0 aliphatic carbocycles. The van der Waals surface area contributed by atoms with Gasteiger partial charge in [0.05, 0.1) is 25.2 Å². The number of imidazole rings is 1. The van der Waals surface area contributed by atoms with Crippen LogP contribution in [0.1, 0.15) is 70.5 Å². The van der Waals surface area contributed by atoms with E-state index in [1.54, 1.807) is 12.4 Å². The first-order chi connectivity index (χ1) is 15.4. The molecule has 2 rings (SSSR count). The number of carbonyl (C=O) groups is 2. The first-order valence-electron chi connectivity index (χ1n) is 11.5. The fourth-order valence-electron chi connectivity index (χ4n) is 3.20. The Balaban J connectivity index is 0.00000544. The minimum Gasteiger partial charge on any atom is -0.494 e. The van der Waals surface area contributed by atoms with Crippen LogP contribution in [-0.4, -0.2) is 41.2 Å². The summed E-state index contributed by atoms with van der Waals surface area (Å²) in [6.45, 7) is 7.32. The molecule has 33 heavy (non-hydrogen) atoms. The molecular formula is C25H37ClN2O5. The monoisotopic (exact) mass is 480 g/mol. The van der Waals surface area contributed by atoms with Gasteiger partial charge in [-0.15, -0.1) is 12.4 Å². The zero-order chi connectivity index (χ0) is 23.2. The van der Waals surface area contributed by atoms with Gasteiger partial charge in [0.15, 0.2) is 0 Å². The van der Waals surface area contributed by atoms with Crippen molar-refractivity contribution in [3.05, 3.63) is 43.0 Å². The van der Waals surface area contributed by atoms with E-state index in [9.17, 15) is 9.59 Å². The summed E-state index contributed by atoms with van der Waals surface area (Å²) in [6, 6.07) is 7.62. The number of esters is 1. The van der Waals surface area contributed by atoms with Crippen molar-refractivity contribution in [2.75, 3.05) is 19.8 Å². The molecule has 0 amide bonds. The van der Waals surface area contributed by atoms with Gasteiger partial charge in [-0.05, 0) is 83.6 Å². The van der Waals surface area contributed by atoms with Crippen molar-refractivity contribution < 1.29 is 23.8 Å². The summed E-state index contributed by atoms with van der Waals surface area (Å²) >= 11 is 0. The molecule has 184 valence electrons. The van der Waals surface area contributed by atoms with Crippen molar-refractivity contribution >= 4 is 24.3 Å². The van der Waals surface area contributed by atoms with Crippen LogP contribution in [0.25, 0.3) is 0 Å². The number of benzene rings is 1. The second-order valence-corrected chi connectivity index (χ2v) is 8.40. The maximum atomic E-state index is 11.9. The number of hydrogen-bond acceptors (Lipinski definition) is 6. The quantitative estimate of drug-likeness (QED) is 0.239. The Morgan fingerprint density at radius 2 is 1.55 bits per heavy atom. The molecule has 0 aliphatic rings. The average molecular weight is 481 g/mol. The van der Waals surface area contributed by atoms with Crippen molar-refractivity contribution in [3.63, 3.8) is 0 Å². The summed E-state index contributed by atoms with van der Waals surface area (Å²) in [7, 11) is 0. The molecule has 0 unspecified atom stereocenters. The molecule has 0 atom stereocenters. The number of carbonyl (C=O) groups excluding carboxylic acids is 2. The summed E-state index contributed by atoms with van der Waals surface area (Å²) in [5.74, 6) is 1.55. The Morgan fingerprint density at radius 1 is 0.939 bits per heavy atom. The van der Waals surface area contributed by atoms with E-state index in [2.05, 4.69) is 4.98 Å². The van der Waals surface area contributed by atoms with Crippen molar-refractivity contribution in [2.45, 2.75) is 65.7 Å². The van der Waals surface area contributed by atoms with Crippen molar-refractivity contribution in [1.82, 2.24) is 9.55 Å². The molecule has 0 aliphatic heterocycles. The van der Waals surface area contributed by atoms with Gasteiger partial charge in [0.2, 0.25) is 5.91 Å². The Labute approximate surface area is 203 Å². The summed E-state index contributed by atoms with van der Waals surface area (Å²) in [4.78, 5) is 27.6. The van der Waals surface area contributed by atoms with Gasteiger partial charge >= 0.3 is 5.97 Å². The van der Waals surface area contributed by atoms with Crippen LogP contribution in [0.5, 0.6) is 11.5 Å². The van der Waals surface area contributed by atoms with Crippen LogP contribution in [0.3, 0.4) is 0 Å². The second-order valence-electron chi connectivity index (χ2n) is 8.40. The van der Waals surface area contributed by atoms with Gasteiger partial charge in [-0.25, -0.2) is 4.98 Å². The molecule has 0 saturated heterocycles. The average Bonchev–Trinajstić information content (AvgIpc) is 3.32. The lowest BCUT2D eigenvalue weighted by Crippen LogP contribution is -2.26. The van der Waals surface area contributed by atoms with E-state index in [4.69, 9.17) is 14.2 Å². The standard InChI is InChI=1S/C25H36N2O5.ClH/c1-4-30-24(29)25(2,3)15-7-9-19-32-22-13-11-21(12-14-22)31-18-8-5-6-10-23(28)27-17-16-26-20-27;/h11-14,16-17,20H,4-10,15,18-19H2,1-3H3;1H. The van der Waals surface area contributed by atoms with E-state index in [1.807, 2.05) is 45.0 Å². The molecule has 0 saturated carbocycles. The predicted molar refractivity (Wildman–Crippen MR) is 130 cm³/mol. The van der Waals surface area contributed by atoms with Crippen LogP contribution in [0, 0.1) is 5.41 Å².